The molecule has 4 rings (SSSR count). The molecule has 5 nitrogen and oxygen atoms in total. The maximum Gasteiger partial charge on any atom is 0.233 e. The quantitative estimate of drug-likeness (QED) is 0.845. The number of fused-ring (bicyclic) bond motifs is 1. The van der Waals surface area contributed by atoms with Gasteiger partial charge in [-0.1, -0.05) is 32.9 Å². The lowest BCUT2D eigenvalue weighted by atomic mass is 9.93. The highest BCUT2D eigenvalue weighted by molar-refractivity contribution is 5.91. The summed E-state index contributed by atoms with van der Waals surface area (Å²) in [5, 5.41) is 0. The number of ether oxygens (including phenoxy) is 1. The maximum absolute atomic E-state index is 13.3. The van der Waals surface area contributed by atoms with Crippen molar-refractivity contribution in [3.63, 3.8) is 0 Å². The first-order valence-corrected chi connectivity index (χ1v) is 9.26. The zero-order chi connectivity index (χ0) is 18.5. The van der Waals surface area contributed by atoms with Gasteiger partial charge in [-0.3, -0.25) is 4.79 Å². The van der Waals surface area contributed by atoms with E-state index in [2.05, 4.69) is 25.8 Å². The van der Waals surface area contributed by atoms with E-state index in [0.29, 0.717) is 13.1 Å². The van der Waals surface area contributed by atoms with Crippen LogP contribution in [0.15, 0.2) is 28.7 Å². The molecule has 1 aromatic carbocycles. The molecule has 138 valence electrons. The molecule has 0 saturated heterocycles. The molecule has 0 unspecified atom stereocenters. The standard InChI is InChI=1S/C21H26N2O3/c1-20(2,3)18-22-16-13-23(12-9-17(16)26-18)19(24)21(10-11-21)14-5-7-15(25-4)8-6-14/h5-8H,9-13H2,1-4H3. The van der Waals surface area contributed by atoms with Gasteiger partial charge >= 0.3 is 0 Å². The first-order chi connectivity index (χ1) is 12.3. The molecule has 2 aliphatic rings. The van der Waals surface area contributed by atoms with E-state index in [9.17, 15) is 4.79 Å². The van der Waals surface area contributed by atoms with Crippen LogP contribution in [0.25, 0.3) is 0 Å². The van der Waals surface area contributed by atoms with Crippen LogP contribution < -0.4 is 4.74 Å². The minimum absolute atomic E-state index is 0.118. The molecule has 1 saturated carbocycles. The SMILES string of the molecule is COc1ccc(C2(C(=O)N3CCc4oc(C(C)(C)C)nc4C3)CC2)cc1. The van der Waals surface area contributed by atoms with E-state index in [4.69, 9.17) is 9.15 Å². The lowest BCUT2D eigenvalue weighted by Gasteiger charge is -2.29. The van der Waals surface area contributed by atoms with Crippen molar-refractivity contribution in [3.8, 4) is 5.75 Å². The van der Waals surface area contributed by atoms with Crippen LogP contribution in [-0.2, 0) is 28.6 Å². The van der Waals surface area contributed by atoms with Crippen molar-refractivity contribution in [2.24, 2.45) is 0 Å². The molecule has 0 radical (unpaired) electrons. The van der Waals surface area contributed by atoms with Crippen LogP contribution in [0, 0.1) is 0 Å². The molecule has 5 heteroatoms. The van der Waals surface area contributed by atoms with Gasteiger partial charge in [0, 0.05) is 18.4 Å². The molecule has 2 aromatic rings. The topological polar surface area (TPSA) is 55.6 Å². The Morgan fingerprint density at radius 2 is 1.92 bits per heavy atom. The van der Waals surface area contributed by atoms with E-state index in [-0.39, 0.29) is 16.7 Å². The summed E-state index contributed by atoms with van der Waals surface area (Å²) in [5.41, 5.74) is 1.53. The molecule has 1 aliphatic heterocycles. The number of carbonyl (C=O) groups excluding carboxylic acids is 1. The van der Waals surface area contributed by atoms with Gasteiger partial charge in [0.2, 0.25) is 5.91 Å². The number of benzene rings is 1. The van der Waals surface area contributed by atoms with Crippen molar-refractivity contribution >= 4 is 5.91 Å². The van der Waals surface area contributed by atoms with Gasteiger partial charge in [-0.05, 0) is 30.5 Å². The van der Waals surface area contributed by atoms with Crippen molar-refractivity contribution in [2.75, 3.05) is 13.7 Å². The van der Waals surface area contributed by atoms with E-state index in [1.54, 1.807) is 7.11 Å². The minimum atomic E-state index is -0.361. The Kier molecular flexibility index (Phi) is 3.86. The van der Waals surface area contributed by atoms with E-state index in [1.165, 1.54) is 0 Å². The first kappa shape index (κ1) is 17.1. The average Bonchev–Trinajstić information content (AvgIpc) is 3.32. The molecule has 1 fully saturated rings. The summed E-state index contributed by atoms with van der Waals surface area (Å²) in [5.74, 6) is 2.73. The fourth-order valence-corrected chi connectivity index (χ4v) is 3.66. The second kappa shape index (κ2) is 5.86. The van der Waals surface area contributed by atoms with Crippen molar-refractivity contribution in [2.45, 2.75) is 57.4 Å². The van der Waals surface area contributed by atoms with Gasteiger partial charge in [-0.2, -0.15) is 0 Å². The number of rotatable bonds is 3. The highest BCUT2D eigenvalue weighted by atomic mass is 16.5. The number of nitrogens with zero attached hydrogens (tertiary/aromatic N) is 2. The normalized spacial score (nSPS) is 18.4. The molecule has 26 heavy (non-hydrogen) atoms. The molecule has 0 spiro atoms. The number of carbonyl (C=O) groups is 1. The van der Waals surface area contributed by atoms with Gasteiger partial charge in [-0.25, -0.2) is 4.98 Å². The third kappa shape index (κ3) is 2.79. The number of amides is 1. The van der Waals surface area contributed by atoms with Crippen molar-refractivity contribution < 1.29 is 13.9 Å². The molecule has 1 aromatic heterocycles. The Bertz CT molecular complexity index is 826. The summed E-state index contributed by atoms with van der Waals surface area (Å²) < 4.78 is 11.2. The Labute approximate surface area is 154 Å². The first-order valence-electron chi connectivity index (χ1n) is 9.26. The Morgan fingerprint density at radius 1 is 1.23 bits per heavy atom. The summed E-state index contributed by atoms with van der Waals surface area (Å²) in [6.07, 6.45) is 2.56. The average molecular weight is 354 g/mol. The Morgan fingerprint density at radius 3 is 2.50 bits per heavy atom. The Hall–Kier alpha value is -2.30. The van der Waals surface area contributed by atoms with Crippen LogP contribution in [0.2, 0.25) is 0 Å². The van der Waals surface area contributed by atoms with E-state index in [0.717, 1.165) is 47.9 Å². The van der Waals surface area contributed by atoms with E-state index in [1.807, 2.05) is 29.2 Å². The number of oxazole rings is 1. The largest absolute Gasteiger partial charge is 0.497 e. The van der Waals surface area contributed by atoms with Crippen molar-refractivity contribution in [1.29, 1.82) is 0 Å². The number of hydrogen-bond acceptors (Lipinski definition) is 4. The number of hydrogen-bond donors (Lipinski definition) is 0. The third-order valence-electron chi connectivity index (χ3n) is 5.46. The molecular weight excluding hydrogens is 328 g/mol. The zero-order valence-electron chi connectivity index (χ0n) is 16.0. The lowest BCUT2D eigenvalue weighted by Crippen LogP contribution is -2.42. The minimum Gasteiger partial charge on any atom is -0.497 e. The second-order valence-electron chi connectivity index (χ2n) is 8.43. The van der Waals surface area contributed by atoms with Gasteiger partial charge in [0.25, 0.3) is 0 Å². The third-order valence-corrected chi connectivity index (χ3v) is 5.46. The summed E-state index contributed by atoms with van der Waals surface area (Å²) in [6.45, 7) is 7.52. The van der Waals surface area contributed by atoms with E-state index < -0.39 is 0 Å². The van der Waals surface area contributed by atoms with Crippen LogP contribution in [0.3, 0.4) is 0 Å². The number of aromatic nitrogens is 1. The van der Waals surface area contributed by atoms with Crippen LogP contribution in [0.4, 0.5) is 0 Å². The monoisotopic (exact) mass is 354 g/mol. The Balaban J connectivity index is 1.55. The molecule has 1 amide bonds. The van der Waals surface area contributed by atoms with Crippen LogP contribution >= 0.6 is 0 Å². The predicted molar refractivity (Wildman–Crippen MR) is 98.2 cm³/mol. The van der Waals surface area contributed by atoms with Gasteiger partial charge in [0.1, 0.15) is 17.2 Å². The fourth-order valence-electron chi connectivity index (χ4n) is 3.66. The highest BCUT2D eigenvalue weighted by Crippen LogP contribution is 2.50. The van der Waals surface area contributed by atoms with E-state index >= 15 is 0 Å². The molecule has 2 heterocycles. The van der Waals surface area contributed by atoms with Gasteiger partial charge in [0.05, 0.1) is 19.1 Å². The van der Waals surface area contributed by atoms with Crippen LogP contribution in [-0.4, -0.2) is 29.4 Å². The summed E-state index contributed by atoms with van der Waals surface area (Å²) in [4.78, 5) is 19.9. The number of methoxy groups -OCH3 is 1. The molecule has 0 N–H and O–H groups in total. The molecule has 0 atom stereocenters. The highest BCUT2D eigenvalue weighted by Gasteiger charge is 2.53. The van der Waals surface area contributed by atoms with Crippen LogP contribution in [0.1, 0.15) is 56.5 Å². The summed E-state index contributed by atoms with van der Waals surface area (Å²) in [7, 11) is 1.65. The maximum atomic E-state index is 13.3. The van der Waals surface area contributed by atoms with Crippen LogP contribution in [0.5, 0.6) is 5.75 Å². The lowest BCUT2D eigenvalue weighted by molar-refractivity contribution is -0.135. The van der Waals surface area contributed by atoms with Crippen molar-refractivity contribution in [3.05, 3.63) is 47.2 Å². The predicted octanol–water partition coefficient (Wildman–Crippen LogP) is 3.60. The smallest absolute Gasteiger partial charge is 0.233 e. The zero-order valence-corrected chi connectivity index (χ0v) is 16.0. The molecular formula is C21H26N2O3. The van der Waals surface area contributed by atoms with Gasteiger partial charge < -0.3 is 14.1 Å². The molecule has 1 aliphatic carbocycles. The summed E-state index contributed by atoms with van der Waals surface area (Å²) in [6, 6.07) is 7.91. The second-order valence-corrected chi connectivity index (χ2v) is 8.43. The summed E-state index contributed by atoms with van der Waals surface area (Å²) >= 11 is 0. The molecule has 0 bridgehead atoms. The fraction of sp³-hybridized carbons (Fsp3) is 0.524. The van der Waals surface area contributed by atoms with Gasteiger partial charge in [-0.15, -0.1) is 0 Å². The van der Waals surface area contributed by atoms with Crippen molar-refractivity contribution in [1.82, 2.24) is 9.88 Å². The van der Waals surface area contributed by atoms with Gasteiger partial charge in [0.15, 0.2) is 5.89 Å².